The fourth-order valence-corrected chi connectivity index (χ4v) is 8.49. The molecule has 11 aromatic rings. The number of furan rings is 1. The first-order valence-corrected chi connectivity index (χ1v) is 19.2. The highest BCUT2D eigenvalue weighted by Gasteiger charge is 2.20. The van der Waals surface area contributed by atoms with Gasteiger partial charge >= 0.3 is 0 Å². The smallest absolute Gasteiger partial charge is 0.136 e. The van der Waals surface area contributed by atoms with Crippen LogP contribution in [0.3, 0.4) is 0 Å². The Labute approximate surface area is 325 Å². The molecule has 0 saturated carbocycles. The predicted molar refractivity (Wildman–Crippen MR) is 237 cm³/mol. The largest absolute Gasteiger partial charge is 0.456 e. The number of para-hydroxylation sites is 1. The van der Waals surface area contributed by atoms with E-state index in [0.29, 0.717) is 0 Å². The van der Waals surface area contributed by atoms with Crippen LogP contribution in [-0.2, 0) is 0 Å². The molecule has 0 atom stereocenters. The van der Waals surface area contributed by atoms with Gasteiger partial charge in [0.1, 0.15) is 11.2 Å². The maximum absolute atomic E-state index is 6.46. The van der Waals surface area contributed by atoms with Gasteiger partial charge in [0.2, 0.25) is 0 Å². The number of anilines is 3. The highest BCUT2D eigenvalue weighted by molar-refractivity contribution is 6.14. The summed E-state index contributed by atoms with van der Waals surface area (Å²) in [6.07, 6.45) is 0. The van der Waals surface area contributed by atoms with Gasteiger partial charge in [0, 0.05) is 27.7 Å². The van der Waals surface area contributed by atoms with Crippen LogP contribution in [0.4, 0.5) is 17.1 Å². The lowest BCUT2D eigenvalue weighted by atomic mass is 9.93. The van der Waals surface area contributed by atoms with E-state index in [0.717, 1.165) is 50.1 Å². The van der Waals surface area contributed by atoms with Crippen LogP contribution in [0.15, 0.2) is 217 Å². The maximum atomic E-state index is 6.46. The molecule has 0 N–H and O–H groups in total. The van der Waals surface area contributed by atoms with Crippen LogP contribution in [0, 0.1) is 0 Å². The van der Waals surface area contributed by atoms with Gasteiger partial charge in [-0.25, -0.2) is 0 Å². The molecule has 10 aromatic carbocycles. The third-order valence-corrected chi connectivity index (χ3v) is 11.2. The van der Waals surface area contributed by atoms with E-state index in [1.54, 1.807) is 0 Å². The topological polar surface area (TPSA) is 16.4 Å². The summed E-state index contributed by atoms with van der Waals surface area (Å²) in [5.74, 6) is 0. The van der Waals surface area contributed by atoms with Gasteiger partial charge in [0.05, 0.1) is 5.69 Å². The van der Waals surface area contributed by atoms with Crippen molar-refractivity contribution in [2.75, 3.05) is 4.90 Å². The zero-order valence-electron chi connectivity index (χ0n) is 30.6. The van der Waals surface area contributed by atoms with E-state index < -0.39 is 0 Å². The van der Waals surface area contributed by atoms with Gasteiger partial charge in [0.25, 0.3) is 0 Å². The second-order valence-corrected chi connectivity index (χ2v) is 14.5. The van der Waals surface area contributed by atoms with Crippen molar-refractivity contribution in [3.05, 3.63) is 212 Å². The van der Waals surface area contributed by atoms with Crippen LogP contribution >= 0.6 is 0 Å². The zero-order chi connectivity index (χ0) is 37.0. The average Bonchev–Trinajstić information content (AvgIpc) is 3.63. The molecule has 11 rings (SSSR count). The summed E-state index contributed by atoms with van der Waals surface area (Å²) in [6, 6.07) is 76.5. The van der Waals surface area contributed by atoms with Crippen molar-refractivity contribution in [1.82, 2.24) is 0 Å². The normalized spacial score (nSPS) is 11.6. The summed E-state index contributed by atoms with van der Waals surface area (Å²) in [5, 5.41) is 9.63. The third-order valence-electron chi connectivity index (χ3n) is 11.2. The van der Waals surface area contributed by atoms with Crippen LogP contribution in [0.1, 0.15) is 0 Å². The molecular formula is C54H35NO. The van der Waals surface area contributed by atoms with Crippen molar-refractivity contribution in [2.45, 2.75) is 0 Å². The Hall–Kier alpha value is -7.42. The van der Waals surface area contributed by atoms with Crippen molar-refractivity contribution in [2.24, 2.45) is 0 Å². The number of fused-ring (bicyclic) bond motifs is 7. The predicted octanol–water partition coefficient (Wildman–Crippen LogP) is 15.5. The van der Waals surface area contributed by atoms with Crippen LogP contribution in [0.25, 0.3) is 87.6 Å². The van der Waals surface area contributed by atoms with Crippen LogP contribution in [0.2, 0.25) is 0 Å². The Morgan fingerprint density at radius 1 is 0.286 bits per heavy atom. The van der Waals surface area contributed by atoms with Gasteiger partial charge in [-0.05, 0) is 115 Å². The highest BCUT2D eigenvalue weighted by Crippen LogP contribution is 2.44. The Morgan fingerprint density at radius 3 is 1.64 bits per heavy atom. The van der Waals surface area contributed by atoms with Crippen LogP contribution in [0.5, 0.6) is 0 Å². The molecule has 0 radical (unpaired) electrons. The lowest BCUT2D eigenvalue weighted by Crippen LogP contribution is -2.11. The number of benzene rings is 10. The van der Waals surface area contributed by atoms with Gasteiger partial charge in [-0.15, -0.1) is 0 Å². The highest BCUT2D eigenvalue weighted by atomic mass is 16.3. The fourth-order valence-electron chi connectivity index (χ4n) is 8.49. The minimum Gasteiger partial charge on any atom is -0.456 e. The molecule has 262 valence electrons. The van der Waals surface area contributed by atoms with E-state index in [9.17, 15) is 0 Å². The average molecular weight is 714 g/mol. The lowest BCUT2D eigenvalue weighted by Gasteiger charge is -2.28. The number of hydrogen-bond donors (Lipinski definition) is 0. The van der Waals surface area contributed by atoms with Crippen molar-refractivity contribution in [1.29, 1.82) is 0 Å². The fraction of sp³-hybridized carbons (Fsp3) is 0. The van der Waals surface area contributed by atoms with E-state index in [1.165, 1.54) is 54.6 Å². The first kappa shape index (κ1) is 32.0. The lowest BCUT2D eigenvalue weighted by molar-refractivity contribution is 0.669. The standard InChI is InChI=1S/C54H35NO/c1-2-12-36(13-3-1)37-22-24-38(25-23-37)46-18-10-11-21-52(46)55(44-30-31-53-51(35-44)50-32-40-14-4-5-15-41(40)34-54(50)56-53)43-28-26-39(27-29-43)49-33-42-16-6-7-17-45(42)47-19-8-9-20-48(47)49/h1-35H. The molecule has 56 heavy (non-hydrogen) atoms. The third kappa shape index (κ3) is 5.42. The summed E-state index contributed by atoms with van der Waals surface area (Å²) in [5.41, 5.74) is 12.1. The molecule has 2 nitrogen and oxygen atoms in total. The molecule has 0 bridgehead atoms. The molecule has 0 spiro atoms. The summed E-state index contributed by atoms with van der Waals surface area (Å²) in [7, 11) is 0. The van der Waals surface area contributed by atoms with Crippen molar-refractivity contribution in [3.63, 3.8) is 0 Å². The Bertz CT molecular complexity index is 3230. The second-order valence-electron chi connectivity index (χ2n) is 14.5. The molecule has 1 aromatic heterocycles. The number of hydrogen-bond acceptors (Lipinski definition) is 2. The van der Waals surface area contributed by atoms with E-state index in [-0.39, 0.29) is 0 Å². The molecule has 0 aliphatic rings. The SMILES string of the molecule is c1ccc(-c2ccc(-c3ccccc3N(c3ccc(-c4cc5ccccc5c5ccccc45)cc3)c3ccc4oc5cc6ccccc6cc5c4c3)cc2)cc1. The quantitative estimate of drug-likeness (QED) is 0.160. The van der Waals surface area contributed by atoms with Gasteiger partial charge in [0.15, 0.2) is 0 Å². The number of rotatable bonds is 6. The Balaban J connectivity index is 1.08. The van der Waals surface area contributed by atoms with Crippen molar-refractivity contribution in [3.8, 4) is 33.4 Å². The van der Waals surface area contributed by atoms with Crippen LogP contribution < -0.4 is 4.90 Å². The first-order valence-electron chi connectivity index (χ1n) is 19.2. The second kappa shape index (κ2) is 13.2. The Morgan fingerprint density at radius 2 is 0.839 bits per heavy atom. The van der Waals surface area contributed by atoms with Gasteiger partial charge in [-0.1, -0.05) is 158 Å². The van der Waals surface area contributed by atoms with Crippen molar-refractivity contribution >= 4 is 71.3 Å². The molecule has 0 amide bonds. The summed E-state index contributed by atoms with van der Waals surface area (Å²) >= 11 is 0. The van der Waals surface area contributed by atoms with Gasteiger partial charge < -0.3 is 9.32 Å². The number of nitrogens with zero attached hydrogens (tertiary/aromatic N) is 1. The van der Waals surface area contributed by atoms with E-state index in [1.807, 2.05) is 0 Å². The van der Waals surface area contributed by atoms with Crippen molar-refractivity contribution < 1.29 is 4.42 Å². The molecule has 0 aliphatic carbocycles. The van der Waals surface area contributed by atoms with E-state index in [2.05, 4.69) is 217 Å². The maximum Gasteiger partial charge on any atom is 0.136 e. The molecule has 1 heterocycles. The molecule has 0 aliphatic heterocycles. The van der Waals surface area contributed by atoms with Gasteiger partial charge in [-0.2, -0.15) is 0 Å². The van der Waals surface area contributed by atoms with E-state index in [4.69, 9.17) is 4.42 Å². The summed E-state index contributed by atoms with van der Waals surface area (Å²) < 4.78 is 6.46. The molecular weight excluding hydrogens is 679 g/mol. The molecule has 2 heteroatoms. The zero-order valence-corrected chi connectivity index (χ0v) is 30.6. The monoisotopic (exact) mass is 713 g/mol. The molecule has 0 saturated heterocycles. The Kier molecular flexibility index (Phi) is 7.53. The summed E-state index contributed by atoms with van der Waals surface area (Å²) in [6.45, 7) is 0. The van der Waals surface area contributed by atoms with Gasteiger partial charge in [-0.3, -0.25) is 0 Å². The van der Waals surface area contributed by atoms with E-state index >= 15 is 0 Å². The molecule has 0 unspecified atom stereocenters. The molecule has 0 fully saturated rings. The first-order chi connectivity index (χ1) is 27.7. The van der Waals surface area contributed by atoms with Crippen LogP contribution in [-0.4, -0.2) is 0 Å². The minimum atomic E-state index is 0.877. The summed E-state index contributed by atoms with van der Waals surface area (Å²) in [4.78, 5) is 2.39. The minimum absolute atomic E-state index is 0.877.